The predicted octanol–water partition coefficient (Wildman–Crippen LogP) is 2.74. The van der Waals surface area contributed by atoms with Crippen LogP contribution in [0.1, 0.15) is 38.1 Å². The average Bonchev–Trinajstić information content (AvgIpc) is 2.29. The summed E-state index contributed by atoms with van der Waals surface area (Å²) in [6.07, 6.45) is 3.27. The lowest BCUT2D eigenvalue weighted by atomic mass is 9.85. The molecule has 0 saturated carbocycles. The molecule has 1 N–H and O–H groups in total. The van der Waals surface area contributed by atoms with Crippen LogP contribution in [0.2, 0.25) is 0 Å². The van der Waals surface area contributed by atoms with Crippen LogP contribution in [0.25, 0.3) is 0 Å². The minimum Gasteiger partial charge on any atom is -0.352 e. The summed E-state index contributed by atoms with van der Waals surface area (Å²) >= 11 is 0. The second-order valence-electron chi connectivity index (χ2n) is 5.10. The van der Waals surface area contributed by atoms with E-state index >= 15 is 0 Å². The molecule has 0 unspecified atom stereocenters. The molecular formula is C14H22N2O. The molecule has 1 rings (SSSR count). The highest BCUT2D eigenvalue weighted by Gasteiger charge is 2.18. The molecule has 0 atom stereocenters. The Morgan fingerprint density at radius 2 is 1.71 bits per heavy atom. The van der Waals surface area contributed by atoms with Crippen molar-refractivity contribution in [3.8, 4) is 0 Å². The zero-order valence-electron chi connectivity index (χ0n) is 11.1. The Hall–Kier alpha value is -1.38. The molecule has 0 radical (unpaired) electrons. The highest BCUT2D eigenvalue weighted by molar-refractivity contribution is 5.93. The minimum absolute atomic E-state index is 0.0151. The highest BCUT2D eigenvalue weighted by atomic mass is 16.1. The van der Waals surface area contributed by atoms with Crippen LogP contribution in [0.4, 0.5) is 0 Å². The summed E-state index contributed by atoms with van der Waals surface area (Å²) < 4.78 is 0. The summed E-state index contributed by atoms with van der Waals surface area (Å²) in [5.41, 5.74) is 0.672. The Balaban J connectivity index is 2.53. The first kappa shape index (κ1) is 13.7. The largest absolute Gasteiger partial charge is 0.352 e. The SMILES string of the molecule is CC(C)C(CNC(=O)c1ccncc1)C(C)C. The van der Waals surface area contributed by atoms with Gasteiger partial charge in [-0.2, -0.15) is 0 Å². The number of amides is 1. The fraction of sp³-hybridized carbons (Fsp3) is 0.571. The van der Waals surface area contributed by atoms with Gasteiger partial charge in [-0.1, -0.05) is 27.7 Å². The van der Waals surface area contributed by atoms with Crippen LogP contribution in [-0.4, -0.2) is 17.4 Å². The van der Waals surface area contributed by atoms with E-state index in [-0.39, 0.29) is 5.91 Å². The maximum absolute atomic E-state index is 11.9. The molecule has 94 valence electrons. The second kappa shape index (κ2) is 6.38. The first-order valence-corrected chi connectivity index (χ1v) is 6.20. The van der Waals surface area contributed by atoms with Crippen molar-refractivity contribution >= 4 is 5.91 Å². The summed E-state index contributed by atoms with van der Waals surface area (Å²) in [7, 11) is 0. The standard InChI is InChI=1S/C14H22N2O/c1-10(2)13(11(3)4)9-16-14(17)12-5-7-15-8-6-12/h5-8,10-11,13H,9H2,1-4H3,(H,16,17). The van der Waals surface area contributed by atoms with Gasteiger partial charge in [0.1, 0.15) is 0 Å². The molecule has 17 heavy (non-hydrogen) atoms. The van der Waals surface area contributed by atoms with Crippen molar-refractivity contribution in [2.45, 2.75) is 27.7 Å². The first-order chi connectivity index (χ1) is 8.02. The van der Waals surface area contributed by atoms with E-state index in [9.17, 15) is 4.79 Å². The van der Waals surface area contributed by atoms with Gasteiger partial charge in [0.2, 0.25) is 0 Å². The van der Waals surface area contributed by atoms with E-state index in [2.05, 4.69) is 38.0 Å². The Morgan fingerprint density at radius 1 is 1.18 bits per heavy atom. The van der Waals surface area contributed by atoms with Crippen LogP contribution in [-0.2, 0) is 0 Å². The van der Waals surface area contributed by atoms with Crippen molar-refractivity contribution in [3.05, 3.63) is 30.1 Å². The zero-order chi connectivity index (χ0) is 12.8. The molecule has 0 aliphatic heterocycles. The topological polar surface area (TPSA) is 42.0 Å². The van der Waals surface area contributed by atoms with Crippen LogP contribution < -0.4 is 5.32 Å². The quantitative estimate of drug-likeness (QED) is 0.851. The summed E-state index contributed by atoms with van der Waals surface area (Å²) in [5.74, 6) is 1.65. The summed E-state index contributed by atoms with van der Waals surface area (Å²) in [6, 6.07) is 3.46. The van der Waals surface area contributed by atoms with Gasteiger partial charge in [0.15, 0.2) is 0 Å². The van der Waals surface area contributed by atoms with E-state index in [4.69, 9.17) is 0 Å². The summed E-state index contributed by atoms with van der Waals surface area (Å²) in [4.78, 5) is 15.8. The second-order valence-corrected chi connectivity index (χ2v) is 5.10. The molecule has 0 aliphatic rings. The average molecular weight is 234 g/mol. The van der Waals surface area contributed by atoms with E-state index in [1.165, 1.54) is 0 Å². The van der Waals surface area contributed by atoms with Crippen LogP contribution in [0, 0.1) is 17.8 Å². The van der Waals surface area contributed by atoms with Crippen LogP contribution in [0.15, 0.2) is 24.5 Å². The monoisotopic (exact) mass is 234 g/mol. The highest BCUT2D eigenvalue weighted by Crippen LogP contribution is 2.19. The molecule has 0 saturated heterocycles. The number of nitrogens with one attached hydrogen (secondary N) is 1. The molecule has 3 nitrogen and oxygen atoms in total. The molecular weight excluding hydrogens is 212 g/mol. The number of hydrogen-bond acceptors (Lipinski definition) is 2. The van der Waals surface area contributed by atoms with Gasteiger partial charge in [0.05, 0.1) is 0 Å². The number of hydrogen-bond donors (Lipinski definition) is 1. The lowest BCUT2D eigenvalue weighted by molar-refractivity contribution is 0.0937. The molecule has 3 heteroatoms. The first-order valence-electron chi connectivity index (χ1n) is 6.20. The van der Waals surface area contributed by atoms with E-state index < -0.39 is 0 Å². The van der Waals surface area contributed by atoms with Gasteiger partial charge in [-0.3, -0.25) is 9.78 Å². The number of pyridine rings is 1. The van der Waals surface area contributed by atoms with Crippen molar-refractivity contribution < 1.29 is 4.79 Å². The number of aromatic nitrogens is 1. The normalized spacial score (nSPS) is 11.2. The molecule has 0 fully saturated rings. The van der Waals surface area contributed by atoms with E-state index in [0.717, 1.165) is 6.54 Å². The van der Waals surface area contributed by atoms with Crippen molar-refractivity contribution in [1.29, 1.82) is 0 Å². The van der Waals surface area contributed by atoms with Gasteiger partial charge < -0.3 is 5.32 Å². The molecule has 0 spiro atoms. The lowest BCUT2D eigenvalue weighted by Crippen LogP contribution is -2.33. The fourth-order valence-corrected chi connectivity index (χ4v) is 2.06. The van der Waals surface area contributed by atoms with Crippen molar-refractivity contribution in [2.24, 2.45) is 17.8 Å². The number of carbonyl (C=O) groups is 1. The minimum atomic E-state index is -0.0151. The van der Waals surface area contributed by atoms with E-state index in [0.29, 0.717) is 23.3 Å². The van der Waals surface area contributed by atoms with Gasteiger partial charge in [0.25, 0.3) is 5.91 Å². The summed E-state index contributed by atoms with van der Waals surface area (Å²) in [5, 5.41) is 3.00. The molecule has 1 aromatic rings. The van der Waals surface area contributed by atoms with Gasteiger partial charge in [-0.25, -0.2) is 0 Å². The molecule has 1 heterocycles. The van der Waals surface area contributed by atoms with Gasteiger partial charge >= 0.3 is 0 Å². The van der Waals surface area contributed by atoms with E-state index in [1.54, 1.807) is 24.5 Å². The Bertz CT molecular complexity index is 338. The lowest BCUT2D eigenvalue weighted by Gasteiger charge is -2.25. The van der Waals surface area contributed by atoms with Crippen LogP contribution in [0.3, 0.4) is 0 Å². The van der Waals surface area contributed by atoms with Gasteiger partial charge in [-0.05, 0) is 29.9 Å². The third-order valence-corrected chi connectivity index (χ3v) is 3.15. The van der Waals surface area contributed by atoms with Gasteiger partial charge in [-0.15, -0.1) is 0 Å². The molecule has 0 aromatic carbocycles. The number of carbonyl (C=O) groups excluding carboxylic acids is 1. The molecule has 1 aromatic heterocycles. The zero-order valence-corrected chi connectivity index (χ0v) is 11.1. The van der Waals surface area contributed by atoms with E-state index in [1.807, 2.05) is 0 Å². The van der Waals surface area contributed by atoms with Crippen LogP contribution in [0.5, 0.6) is 0 Å². The Kier molecular flexibility index (Phi) is 5.13. The molecule has 0 bridgehead atoms. The van der Waals surface area contributed by atoms with Crippen molar-refractivity contribution in [2.75, 3.05) is 6.54 Å². The number of nitrogens with zero attached hydrogens (tertiary/aromatic N) is 1. The van der Waals surface area contributed by atoms with Crippen LogP contribution >= 0.6 is 0 Å². The Labute approximate surface area is 104 Å². The van der Waals surface area contributed by atoms with Gasteiger partial charge in [0, 0.05) is 24.5 Å². The maximum atomic E-state index is 11.9. The molecule has 0 aliphatic carbocycles. The predicted molar refractivity (Wildman–Crippen MR) is 69.7 cm³/mol. The third-order valence-electron chi connectivity index (χ3n) is 3.15. The Morgan fingerprint density at radius 3 is 2.18 bits per heavy atom. The molecule has 1 amide bonds. The number of rotatable bonds is 5. The smallest absolute Gasteiger partial charge is 0.251 e. The van der Waals surface area contributed by atoms with Crippen molar-refractivity contribution in [1.82, 2.24) is 10.3 Å². The maximum Gasteiger partial charge on any atom is 0.251 e. The summed E-state index contributed by atoms with van der Waals surface area (Å²) in [6.45, 7) is 9.52. The fourth-order valence-electron chi connectivity index (χ4n) is 2.06. The third kappa shape index (κ3) is 4.17. The van der Waals surface area contributed by atoms with Crippen molar-refractivity contribution in [3.63, 3.8) is 0 Å².